The molecule has 0 aliphatic heterocycles. The van der Waals surface area contributed by atoms with E-state index in [4.69, 9.17) is 8.00 Å². The molecular weight excluding hydrogens is 989 g/mol. The molecule has 8 heteroatoms. The number of aromatic nitrogens is 2. The molecule has 0 aliphatic carbocycles. The van der Waals surface area contributed by atoms with Gasteiger partial charge in [0.25, 0.3) is 0 Å². The molecule has 9 aromatic rings. The normalized spacial score (nSPS) is 12.1. The first-order chi connectivity index (χ1) is 30.6. The van der Waals surface area contributed by atoms with Crippen LogP contribution in [0.4, 0.5) is 0 Å². The minimum Gasteiger partial charge on any atom is -0.306 e. The zero-order valence-corrected chi connectivity index (χ0v) is 40.2. The maximum atomic E-state index is 11.9. The van der Waals surface area contributed by atoms with E-state index in [0.29, 0.717) is 11.1 Å². The second-order valence-electron chi connectivity index (χ2n) is 17.2. The Kier molecular flexibility index (Phi) is 13.0. The SMILES string of the molecule is C[Si](C)(C)c1ccc(-c2[c-]cc(C(=O)OO)c(-c3ccccc3)c2)nc1.[2H]C([2H])(c1ccnc(-c2[c-]ccc3c2sc2c(-c4ccccc4)cc(-c4ccccc4)cc23)c1)C(C)(C)C.[Ir]. The van der Waals surface area contributed by atoms with Crippen LogP contribution in [-0.2, 0) is 31.4 Å². The maximum Gasteiger partial charge on any atom is 0.333 e. The van der Waals surface area contributed by atoms with Crippen molar-refractivity contribution in [2.24, 2.45) is 5.41 Å². The maximum absolute atomic E-state index is 11.9. The van der Waals surface area contributed by atoms with Gasteiger partial charge in [0.05, 0.1) is 8.07 Å². The fraction of sp³-hybridized carbons (Fsp3) is 0.145. The van der Waals surface area contributed by atoms with Crippen molar-refractivity contribution in [2.45, 2.75) is 46.8 Å². The smallest absolute Gasteiger partial charge is 0.306 e. The van der Waals surface area contributed by atoms with Crippen LogP contribution in [-0.4, -0.2) is 29.3 Å². The van der Waals surface area contributed by atoms with Gasteiger partial charge < -0.3 is 14.9 Å². The molecule has 3 heterocycles. The molecule has 6 aromatic carbocycles. The van der Waals surface area contributed by atoms with E-state index in [9.17, 15) is 4.79 Å². The van der Waals surface area contributed by atoms with Crippen molar-refractivity contribution in [3.8, 4) is 55.9 Å². The number of thiophene rings is 1. The summed E-state index contributed by atoms with van der Waals surface area (Å²) in [5.74, 6) is -0.811. The molecule has 9 rings (SSSR count). The molecule has 0 spiro atoms. The zero-order chi connectivity index (χ0) is 45.2. The van der Waals surface area contributed by atoms with Crippen LogP contribution in [0, 0.1) is 17.5 Å². The Morgan fingerprint density at radius 3 is 1.97 bits per heavy atom. The van der Waals surface area contributed by atoms with Gasteiger partial charge in [-0.2, -0.15) is 11.3 Å². The summed E-state index contributed by atoms with van der Waals surface area (Å²) in [5.41, 5.74) is 9.84. The number of carbonyl (C=O) groups is 1. The molecule has 0 aliphatic rings. The van der Waals surface area contributed by atoms with Crippen LogP contribution < -0.4 is 5.19 Å². The minimum atomic E-state index is -1.50. The van der Waals surface area contributed by atoms with Gasteiger partial charge in [-0.05, 0) is 90.0 Å². The predicted octanol–water partition coefficient (Wildman–Crippen LogP) is 14.2. The van der Waals surface area contributed by atoms with Crippen molar-refractivity contribution in [3.05, 3.63) is 187 Å². The van der Waals surface area contributed by atoms with E-state index >= 15 is 0 Å². The topological polar surface area (TPSA) is 72.3 Å². The fourth-order valence-corrected chi connectivity index (χ4v) is 9.81. The van der Waals surface area contributed by atoms with E-state index in [2.05, 4.69) is 125 Å². The Labute approximate surface area is 391 Å². The first kappa shape index (κ1) is 42.4. The van der Waals surface area contributed by atoms with Gasteiger partial charge in [0.1, 0.15) is 0 Å². The van der Waals surface area contributed by atoms with Gasteiger partial charge in [0, 0.05) is 39.9 Å². The van der Waals surface area contributed by atoms with Crippen LogP contribution >= 0.6 is 11.3 Å². The van der Waals surface area contributed by atoms with Gasteiger partial charge in [-0.25, -0.2) is 5.26 Å². The van der Waals surface area contributed by atoms with E-state index in [1.54, 1.807) is 23.6 Å². The first-order valence-corrected chi connectivity index (χ1v) is 24.9. The third-order valence-electron chi connectivity index (χ3n) is 10.5. The number of fused-ring (bicyclic) bond motifs is 3. The molecule has 0 saturated heterocycles. The van der Waals surface area contributed by atoms with Crippen LogP contribution in [0.15, 0.2) is 164 Å². The number of hydrogen-bond donors (Lipinski definition) is 1. The molecule has 1 radical (unpaired) electrons. The number of nitrogens with zero attached hydrogens (tertiary/aromatic N) is 2. The summed E-state index contributed by atoms with van der Waals surface area (Å²) in [6.45, 7) is 12.6. The second kappa shape index (κ2) is 19.3. The van der Waals surface area contributed by atoms with Gasteiger partial charge >= 0.3 is 5.97 Å². The predicted molar refractivity (Wildman–Crippen MR) is 260 cm³/mol. The number of rotatable bonds is 8. The quantitative estimate of drug-likeness (QED) is 0.0710. The molecule has 0 unspecified atom stereocenters. The van der Waals surface area contributed by atoms with Crippen molar-refractivity contribution in [1.82, 2.24) is 9.97 Å². The monoisotopic (exact) mass is 1040 g/mol. The number of pyridine rings is 2. The average molecular weight is 1040 g/mol. The number of hydrogen-bond acceptors (Lipinski definition) is 6. The molecular formula is C55H48IrN2O3SSi-2. The zero-order valence-electron chi connectivity index (χ0n) is 38.0. The Balaban J connectivity index is 0.000000205. The van der Waals surface area contributed by atoms with Gasteiger partial charge in [0.2, 0.25) is 0 Å². The van der Waals surface area contributed by atoms with Crippen LogP contribution in [0.3, 0.4) is 0 Å². The van der Waals surface area contributed by atoms with Crippen molar-refractivity contribution in [3.63, 3.8) is 0 Å². The van der Waals surface area contributed by atoms with Gasteiger partial charge in [0.15, 0.2) is 0 Å². The molecule has 0 bridgehead atoms. The molecule has 3 aromatic heterocycles. The largest absolute Gasteiger partial charge is 0.333 e. The van der Waals surface area contributed by atoms with E-state index in [-0.39, 0.29) is 25.7 Å². The Morgan fingerprint density at radius 2 is 1.37 bits per heavy atom. The van der Waals surface area contributed by atoms with Crippen LogP contribution in [0.2, 0.25) is 19.6 Å². The molecule has 0 saturated carbocycles. The summed E-state index contributed by atoms with van der Waals surface area (Å²) in [6, 6.07) is 56.9. The summed E-state index contributed by atoms with van der Waals surface area (Å²) in [7, 11) is -1.41. The van der Waals surface area contributed by atoms with Crippen molar-refractivity contribution in [1.29, 1.82) is 0 Å². The van der Waals surface area contributed by atoms with Gasteiger partial charge in [-0.1, -0.05) is 166 Å². The van der Waals surface area contributed by atoms with E-state index in [1.165, 1.54) is 49.0 Å². The summed E-state index contributed by atoms with van der Waals surface area (Å²) >= 11 is 1.76. The molecule has 0 amide bonds. The Bertz CT molecular complexity index is 3100. The molecule has 5 nitrogen and oxygen atoms in total. The molecule has 63 heavy (non-hydrogen) atoms. The molecule has 317 valence electrons. The van der Waals surface area contributed by atoms with Crippen LogP contribution in [0.25, 0.3) is 76.1 Å². The van der Waals surface area contributed by atoms with E-state index in [0.717, 1.165) is 32.8 Å². The third kappa shape index (κ3) is 10.3. The van der Waals surface area contributed by atoms with Crippen LogP contribution in [0.5, 0.6) is 0 Å². The van der Waals surface area contributed by atoms with Crippen molar-refractivity contribution >= 4 is 50.7 Å². The van der Waals surface area contributed by atoms with E-state index < -0.39 is 25.8 Å². The summed E-state index contributed by atoms with van der Waals surface area (Å²) in [5, 5.41) is 12.4. The number of benzene rings is 6. The molecule has 1 N–H and O–H groups in total. The second-order valence-corrected chi connectivity index (χ2v) is 23.3. The summed E-state index contributed by atoms with van der Waals surface area (Å²) < 4.78 is 19.9. The minimum absolute atomic E-state index is 0. The summed E-state index contributed by atoms with van der Waals surface area (Å²) in [6.07, 6.45) is 2.15. The number of carbonyl (C=O) groups excluding carboxylic acids is 1. The van der Waals surface area contributed by atoms with Gasteiger partial charge in [-0.3, -0.25) is 4.79 Å². The van der Waals surface area contributed by atoms with Crippen molar-refractivity contribution in [2.75, 3.05) is 0 Å². The third-order valence-corrected chi connectivity index (χ3v) is 13.8. The average Bonchev–Trinajstić information content (AvgIpc) is 3.70. The fourth-order valence-electron chi connectivity index (χ4n) is 7.45. The van der Waals surface area contributed by atoms with Gasteiger partial charge in [-0.15, -0.1) is 47.5 Å². The standard InChI is InChI=1S/C34H28NS.C21H20NO3Si.Ir/c1-34(2,3)22-23-17-18-35-31(19-23)28-16-10-15-27-30-21-26(24-11-6-4-7-12-24)20-29(33(30)36-32(27)28)25-13-8-5-9-14-25;1-26(2,3)17-10-12-20(22-14-17)16-9-11-18(21(23)25-24)19(13-16)15-7-5-4-6-8-15;/h4-15,17-21H,22H2,1-3H3;4-8,10-14,24H,1-3H3;/q2*-1;/i22D2;;. The van der Waals surface area contributed by atoms with E-state index in [1.807, 2.05) is 87.6 Å². The first-order valence-electron chi connectivity index (χ1n) is 21.6. The molecule has 0 fully saturated rings. The van der Waals surface area contributed by atoms with Crippen LogP contribution in [0.1, 0.15) is 39.4 Å². The Morgan fingerprint density at radius 1 is 0.714 bits per heavy atom. The Hall–Kier alpha value is -5.86. The van der Waals surface area contributed by atoms with Crippen molar-refractivity contribution < 1.29 is 37.8 Å². The molecule has 0 atom stereocenters. The summed E-state index contributed by atoms with van der Waals surface area (Å²) in [4.78, 5) is 25.1.